The van der Waals surface area contributed by atoms with Crippen molar-refractivity contribution in [1.82, 2.24) is 0 Å². The molecule has 2 rings (SSSR count). The lowest BCUT2D eigenvalue weighted by atomic mass is 10.3. The number of rotatable bonds is 10. The van der Waals surface area contributed by atoms with Crippen LogP contribution >= 0.6 is 15.9 Å². The van der Waals surface area contributed by atoms with E-state index in [9.17, 15) is 8.42 Å². The van der Waals surface area contributed by atoms with E-state index in [1.165, 1.54) is 0 Å². The maximum atomic E-state index is 12.7. The van der Waals surface area contributed by atoms with Gasteiger partial charge in [0, 0.05) is 11.9 Å². The number of halogens is 1. The standard InChI is InChI=1S/C18H35BrO3SSi/c1-13(2)24(14(3)4,15(5)6)22-10-7-16-11-17(16)23(20,21)18(12-19)8-9-18/h13-17H,7-12H2,1-6H3. The van der Waals surface area contributed by atoms with Gasteiger partial charge in [-0.05, 0) is 48.2 Å². The first-order valence-corrected chi connectivity index (χ1v) is 14.3. The molecule has 2 saturated carbocycles. The Bertz CT molecular complexity index is 519. The second kappa shape index (κ2) is 7.32. The van der Waals surface area contributed by atoms with Crippen LogP contribution in [0.5, 0.6) is 0 Å². The van der Waals surface area contributed by atoms with Crippen molar-refractivity contribution in [2.75, 3.05) is 11.9 Å². The summed E-state index contributed by atoms with van der Waals surface area (Å²) >= 11 is 3.41. The number of hydrogen-bond donors (Lipinski definition) is 0. The summed E-state index contributed by atoms with van der Waals surface area (Å²) in [5, 5.41) is 0.501. The topological polar surface area (TPSA) is 43.4 Å². The Morgan fingerprint density at radius 2 is 1.58 bits per heavy atom. The van der Waals surface area contributed by atoms with Crippen LogP contribution in [-0.2, 0) is 14.3 Å². The molecule has 2 aliphatic carbocycles. The maximum absolute atomic E-state index is 12.7. The molecule has 2 atom stereocenters. The first-order chi connectivity index (χ1) is 11.0. The van der Waals surface area contributed by atoms with Gasteiger partial charge in [-0.25, -0.2) is 8.42 Å². The molecular formula is C18H35BrO3SSi. The van der Waals surface area contributed by atoms with Crippen molar-refractivity contribution in [3.05, 3.63) is 0 Å². The lowest BCUT2D eigenvalue weighted by Crippen LogP contribution is -2.48. The average molecular weight is 440 g/mol. The molecule has 3 nitrogen and oxygen atoms in total. The van der Waals surface area contributed by atoms with Crippen LogP contribution in [0.4, 0.5) is 0 Å². The highest BCUT2D eigenvalue weighted by Gasteiger charge is 2.61. The Balaban J connectivity index is 1.91. The monoisotopic (exact) mass is 438 g/mol. The summed E-state index contributed by atoms with van der Waals surface area (Å²) in [6.45, 7) is 14.5. The minimum Gasteiger partial charge on any atom is -0.416 e. The molecule has 6 heteroatoms. The summed E-state index contributed by atoms with van der Waals surface area (Å²) in [5.41, 5.74) is 1.75. The lowest BCUT2D eigenvalue weighted by molar-refractivity contribution is 0.265. The highest BCUT2D eigenvalue weighted by Crippen LogP contribution is 2.54. The summed E-state index contributed by atoms with van der Waals surface area (Å²) in [5.74, 6) is 0.324. The highest BCUT2D eigenvalue weighted by molar-refractivity contribution is 9.09. The molecule has 0 spiro atoms. The molecule has 2 unspecified atom stereocenters. The van der Waals surface area contributed by atoms with Crippen LogP contribution < -0.4 is 0 Å². The Kier molecular flexibility index (Phi) is 6.38. The van der Waals surface area contributed by atoms with E-state index in [-0.39, 0.29) is 5.25 Å². The van der Waals surface area contributed by atoms with Gasteiger partial charge in [0.05, 0.1) is 10.00 Å². The summed E-state index contributed by atoms with van der Waals surface area (Å²) in [7, 11) is -4.78. The zero-order valence-corrected chi connectivity index (χ0v) is 19.5. The van der Waals surface area contributed by atoms with Crippen molar-refractivity contribution in [3.63, 3.8) is 0 Å². The first-order valence-electron chi connectivity index (χ1n) is 9.48. The minimum atomic E-state index is -2.96. The Morgan fingerprint density at radius 3 is 1.96 bits per heavy atom. The molecule has 0 aromatic heterocycles. The van der Waals surface area contributed by atoms with Crippen LogP contribution in [0.1, 0.15) is 67.2 Å². The smallest absolute Gasteiger partial charge is 0.200 e. The molecule has 0 saturated heterocycles. The summed E-state index contributed by atoms with van der Waals surface area (Å²) in [6.07, 6.45) is 3.43. The molecule has 0 aromatic rings. The second-order valence-electron chi connectivity index (χ2n) is 8.85. The second-order valence-corrected chi connectivity index (χ2v) is 17.4. The van der Waals surface area contributed by atoms with Crippen LogP contribution in [0, 0.1) is 5.92 Å². The molecule has 0 amide bonds. The van der Waals surface area contributed by atoms with Crippen LogP contribution in [0.25, 0.3) is 0 Å². The molecule has 0 radical (unpaired) electrons. The van der Waals surface area contributed by atoms with Gasteiger partial charge in [-0.1, -0.05) is 57.5 Å². The quantitative estimate of drug-likeness (QED) is 0.343. The van der Waals surface area contributed by atoms with E-state index >= 15 is 0 Å². The fourth-order valence-electron chi connectivity index (χ4n) is 4.75. The zero-order valence-electron chi connectivity index (χ0n) is 16.1. The van der Waals surface area contributed by atoms with E-state index in [2.05, 4.69) is 57.5 Å². The molecule has 2 aliphatic rings. The Labute approximate surface area is 158 Å². The van der Waals surface area contributed by atoms with E-state index in [0.29, 0.717) is 27.9 Å². The number of alkyl halides is 1. The van der Waals surface area contributed by atoms with Crippen molar-refractivity contribution in [1.29, 1.82) is 0 Å². The van der Waals surface area contributed by atoms with Crippen LogP contribution in [0.2, 0.25) is 16.6 Å². The molecule has 0 heterocycles. The molecule has 0 bridgehead atoms. The number of sulfone groups is 1. The lowest BCUT2D eigenvalue weighted by Gasteiger charge is -2.42. The Morgan fingerprint density at radius 1 is 1.08 bits per heavy atom. The van der Waals surface area contributed by atoms with Gasteiger partial charge < -0.3 is 4.43 Å². The third-order valence-corrected chi connectivity index (χ3v) is 17.2. The average Bonchev–Trinajstić information content (AvgIpc) is 3.35. The SMILES string of the molecule is CC(C)[Si](OCCC1CC1S(=O)(=O)C1(CBr)CC1)(C(C)C)C(C)C. The van der Waals surface area contributed by atoms with Gasteiger partial charge in [-0.3, -0.25) is 0 Å². The molecular weight excluding hydrogens is 404 g/mol. The summed E-state index contributed by atoms with van der Waals surface area (Å²) in [4.78, 5) is 0. The fraction of sp³-hybridized carbons (Fsp3) is 1.00. The molecule has 0 N–H and O–H groups in total. The highest BCUT2D eigenvalue weighted by atomic mass is 79.9. The van der Waals surface area contributed by atoms with Crippen molar-refractivity contribution in [2.45, 2.75) is 93.8 Å². The van der Waals surface area contributed by atoms with Gasteiger partial charge in [0.25, 0.3) is 0 Å². The predicted molar refractivity (Wildman–Crippen MR) is 108 cm³/mol. The van der Waals surface area contributed by atoms with Gasteiger partial charge in [0.1, 0.15) is 0 Å². The van der Waals surface area contributed by atoms with E-state index in [1.54, 1.807) is 0 Å². The molecule has 0 aromatic carbocycles. The maximum Gasteiger partial charge on any atom is 0.200 e. The fourth-order valence-corrected chi connectivity index (χ4v) is 14.3. The summed E-state index contributed by atoms with van der Waals surface area (Å²) in [6, 6.07) is 0. The van der Waals surface area contributed by atoms with Crippen LogP contribution in [0.15, 0.2) is 0 Å². The van der Waals surface area contributed by atoms with E-state index in [0.717, 1.165) is 32.3 Å². The zero-order chi connectivity index (χ0) is 18.3. The van der Waals surface area contributed by atoms with E-state index < -0.39 is 22.9 Å². The van der Waals surface area contributed by atoms with Crippen LogP contribution in [-0.4, -0.2) is 38.7 Å². The summed E-state index contributed by atoms with van der Waals surface area (Å²) < 4.78 is 31.6. The van der Waals surface area contributed by atoms with Gasteiger partial charge >= 0.3 is 0 Å². The van der Waals surface area contributed by atoms with Crippen molar-refractivity contribution in [2.24, 2.45) is 5.92 Å². The van der Waals surface area contributed by atoms with E-state index in [1.807, 2.05) is 0 Å². The Hall–Kier alpha value is 0.607. The third kappa shape index (κ3) is 3.54. The third-order valence-electron chi connectivity index (χ3n) is 6.46. The molecule has 0 aliphatic heterocycles. The van der Waals surface area contributed by atoms with Gasteiger partial charge in [-0.15, -0.1) is 0 Å². The van der Waals surface area contributed by atoms with Crippen molar-refractivity contribution in [3.8, 4) is 0 Å². The van der Waals surface area contributed by atoms with Crippen LogP contribution in [0.3, 0.4) is 0 Å². The molecule has 2 fully saturated rings. The number of hydrogen-bond acceptors (Lipinski definition) is 3. The van der Waals surface area contributed by atoms with Gasteiger partial charge in [-0.2, -0.15) is 0 Å². The molecule has 24 heavy (non-hydrogen) atoms. The van der Waals surface area contributed by atoms with Crippen molar-refractivity contribution >= 4 is 34.1 Å². The largest absolute Gasteiger partial charge is 0.416 e. The van der Waals surface area contributed by atoms with Crippen molar-refractivity contribution < 1.29 is 12.8 Å². The van der Waals surface area contributed by atoms with Gasteiger partial charge in [0.2, 0.25) is 0 Å². The minimum absolute atomic E-state index is 0.102. The van der Waals surface area contributed by atoms with E-state index in [4.69, 9.17) is 4.43 Å². The normalized spacial score (nSPS) is 26.4. The first kappa shape index (κ1) is 20.9. The van der Waals surface area contributed by atoms with Gasteiger partial charge in [0.15, 0.2) is 18.2 Å². The molecule has 142 valence electrons. The predicted octanol–water partition coefficient (Wildman–Crippen LogP) is 5.30.